The van der Waals surface area contributed by atoms with Gasteiger partial charge in [-0.3, -0.25) is 4.90 Å². The lowest BCUT2D eigenvalue weighted by Gasteiger charge is -2.36. The number of para-hydroxylation sites is 1. The van der Waals surface area contributed by atoms with E-state index in [1.165, 1.54) is 10.4 Å². The lowest BCUT2D eigenvalue weighted by Crippen LogP contribution is -2.45. The number of benzene rings is 1. The van der Waals surface area contributed by atoms with Crippen molar-refractivity contribution in [2.45, 2.75) is 12.6 Å². The average molecular weight is 411 g/mol. The maximum Gasteiger partial charge on any atom is 0.185 e. The zero-order valence-corrected chi connectivity index (χ0v) is 17.2. The quantitative estimate of drug-likeness (QED) is 0.817. The second-order valence-corrected chi connectivity index (χ2v) is 7.73. The van der Waals surface area contributed by atoms with Gasteiger partial charge in [0.25, 0.3) is 0 Å². The minimum Gasteiger partial charge on any atom is -0.496 e. The van der Waals surface area contributed by atoms with Gasteiger partial charge in [0, 0.05) is 55.9 Å². The van der Waals surface area contributed by atoms with Crippen molar-refractivity contribution >= 4 is 28.9 Å². The SMILES string of the molecule is COc1ccccc1C1CNCCN1Cc1cnc(N2CCOCC2)s1.Cl. The molecule has 3 heterocycles. The predicted molar refractivity (Wildman–Crippen MR) is 111 cm³/mol. The van der Waals surface area contributed by atoms with Gasteiger partial charge in [-0.1, -0.05) is 18.2 Å². The number of thiazole rings is 1. The van der Waals surface area contributed by atoms with Crippen LogP contribution in [0, 0.1) is 0 Å². The standard InChI is InChI=1S/C19H26N4O2S.ClH/c1-24-18-5-3-2-4-16(18)17-13-20-6-7-23(17)14-15-12-21-19(26-15)22-8-10-25-11-9-22;/h2-5,12,17,20H,6-11,13-14H2,1H3;1H. The van der Waals surface area contributed by atoms with Gasteiger partial charge in [-0.15, -0.1) is 23.7 Å². The molecule has 0 amide bonds. The van der Waals surface area contributed by atoms with Crippen molar-refractivity contribution in [1.82, 2.24) is 15.2 Å². The third-order valence-electron chi connectivity index (χ3n) is 5.03. The summed E-state index contributed by atoms with van der Waals surface area (Å²) < 4.78 is 11.0. The first kappa shape index (κ1) is 20.4. The van der Waals surface area contributed by atoms with E-state index in [2.05, 4.69) is 32.2 Å². The highest BCUT2D eigenvalue weighted by Gasteiger charge is 2.27. The monoisotopic (exact) mass is 410 g/mol. The molecule has 4 rings (SSSR count). The number of methoxy groups -OCH3 is 1. The van der Waals surface area contributed by atoms with Crippen LogP contribution >= 0.6 is 23.7 Å². The third kappa shape index (κ3) is 4.73. The molecule has 2 fully saturated rings. The minimum absolute atomic E-state index is 0. The molecule has 1 aromatic heterocycles. The van der Waals surface area contributed by atoms with Crippen molar-refractivity contribution in [2.75, 3.05) is 57.9 Å². The van der Waals surface area contributed by atoms with Crippen molar-refractivity contribution in [2.24, 2.45) is 0 Å². The molecular formula is C19H27ClN4O2S. The number of nitrogens with zero attached hydrogens (tertiary/aromatic N) is 3. The van der Waals surface area contributed by atoms with E-state index >= 15 is 0 Å². The number of hydrogen-bond acceptors (Lipinski definition) is 7. The van der Waals surface area contributed by atoms with Crippen LogP contribution in [0.1, 0.15) is 16.5 Å². The van der Waals surface area contributed by atoms with E-state index in [4.69, 9.17) is 9.47 Å². The van der Waals surface area contributed by atoms with Crippen LogP contribution < -0.4 is 15.0 Å². The van der Waals surface area contributed by atoms with Crippen molar-refractivity contribution in [3.63, 3.8) is 0 Å². The Morgan fingerprint density at radius 2 is 2.07 bits per heavy atom. The Kier molecular flexibility index (Phi) is 7.32. The number of rotatable bonds is 5. The van der Waals surface area contributed by atoms with Crippen LogP contribution in [-0.2, 0) is 11.3 Å². The van der Waals surface area contributed by atoms with Crippen LogP contribution in [-0.4, -0.2) is 62.9 Å². The van der Waals surface area contributed by atoms with Crippen LogP contribution in [0.25, 0.3) is 0 Å². The largest absolute Gasteiger partial charge is 0.496 e. The lowest BCUT2D eigenvalue weighted by atomic mass is 10.0. The summed E-state index contributed by atoms with van der Waals surface area (Å²) in [4.78, 5) is 10.8. The van der Waals surface area contributed by atoms with E-state index < -0.39 is 0 Å². The van der Waals surface area contributed by atoms with Gasteiger partial charge in [0.2, 0.25) is 0 Å². The second-order valence-electron chi connectivity index (χ2n) is 6.64. The second kappa shape index (κ2) is 9.71. The van der Waals surface area contributed by atoms with Gasteiger partial charge >= 0.3 is 0 Å². The van der Waals surface area contributed by atoms with Gasteiger partial charge < -0.3 is 19.7 Å². The number of hydrogen-bond donors (Lipinski definition) is 1. The zero-order valence-electron chi connectivity index (χ0n) is 15.6. The number of anilines is 1. The first-order valence-electron chi connectivity index (χ1n) is 9.20. The number of nitrogens with one attached hydrogen (secondary N) is 1. The van der Waals surface area contributed by atoms with Gasteiger partial charge in [0.1, 0.15) is 5.75 Å². The Hall–Kier alpha value is -1.38. The highest BCUT2D eigenvalue weighted by Crippen LogP contribution is 2.32. The van der Waals surface area contributed by atoms with Crippen molar-refractivity contribution in [1.29, 1.82) is 0 Å². The summed E-state index contributed by atoms with van der Waals surface area (Å²) in [6, 6.07) is 8.66. The number of aromatic nitrogens is 1. The molecule has 1 atom stereocenters. The normalized spacial score (nSPS) is 20.9. The van der Waals surface area contributed by atoms with Gasteiger partial charge in [-0.2, -0.15) is 0 Å². The highest BCUT2D eigenvalue weighted by atomic mass is 35.5. The molecule has 1 N–H and O–H groups in total. The third-order valence-corrected chi connectivity index (χ3v) is 6.08. The molecule has 2 aliphatic rings. The Balaban J connectivity index is 0.00000210. The predicted octanol–water partition coefficient (Wildman–Crippen LogP) is 2.56. The topological polar surface area (TPSA) is 49.9 Å². The molecule has 27 heavy (non-hydrogen) atoms. The Morgan fingerprint density at radius 1 is 1.26 bits per heavy atom. The van der Waals surface area contributed by atoms with Crippen LogP contribution in [0.5, 0.6) is 5.75 Å². The fourth-order valence-electron chi connectivity index (χ4n) is 3.66. The molecule has 6 nitrogen and oxygen atoms in total. The fraction of sp³-hybridized carbons (Fsp3) is 0.526. The summed E-state index contributed by atoms with van der Waals surface area (Å²) in [5, 5.41) is 4.64. The van der Waals surface area contributed by atoms with E-state index in [9.17, 15) is 0 Å². The van der Waals surface area contributed by atoms with E-state index in [0.29, 0.717) is 6.04 Å². The number of piperazine rings is 1. The summed E-state index contributed by atoms with van der Waals surface area (Å²) in [6.07, 6.45) is 2.04. The minimum atomic E-state index is 0. The summed E-state index contributed by atoms with van der Waals surface area (Å²) in [5.41, 5.74) is 1.25. The first-order valence-corrected chi connectivity index (χ1v) is 10.0. The van der Waals surface area contributed by atoms with E-state index in [-0.39, 0.29) is 12.4 Å². The average Bonchev–Trinajstić information content (AvgIpc) is 3.18. The zero-order chi connectivity index (χ0) is 17.8. The Morgan fingerprint density at radius 3 is 2.89 bits per heavy atom. The number of halogens is 1. The summed E-state index contributed by atoms with van der Waals surface area (Å²) in [5.74, 6) is 0.963. The Labute approximate surface area is 170 Å². The molecule has 0 saturated carbocycles. The van der Waals surface area contributed by atoms with Crippen LogP contribution in [0.3, 0.4) is 0 Å². The summed E-state index contributed by atoms with van der Waals surface area (Å²) in [6.45, 7) is 7.36. The van der Waals surface area contributed by atoms with Crippen LogP contribution in [0.15, 0.2) is 30.5 Å². The lowest BCUT2D eigenvalue weighted by molar-refractivity contribution is 0.122. The molecule has 2 aliphatic heterocycles. The fourth-order valence-corrected chi connectivity index (χ4v) is 4.64. The van der Waals surface area contributed by atoms with Crippen LogP contribution in [0.2, 0.25) is 0 Å². The molecule has 0 aliphatic carbocycles. The molecule has 0 spiro atoms. The smallest absolute Gasteiger partial charge is 0.185 e. The maximum absolute atomic E-state index is 5.60. The first-order chi connectivity index (χ1) is 12.8. The van der Waals surface area contributed by atoms with Gasteiger partial charge in [0.05, 0.1) is 26.4 Å². The van der Waals surface area contributed by atoms with E-state index in [0.717, 1.165) is 63.4 Å². The van der Waals surface area contributed by atoms with Crippen molar-refractivity contribution < 1.29 is 9.47 Å². The molecule has 2 aromatic rings. The van der Waals surface area contributed by atoms with E-state index in [1.807, 2.05) is 18.3 Å². The van der Waals surface area contributed by atoms with Gasteiger partial charge in [0.15, 0.2) is 5.13 Å². The molecule has 1 aromatic carbocycles. The molecule has 0 bridgehead atoms. The van der Waals surface area contributed by atoms with Crippen LogP contribution in [0.4, 0.5) is 5.13 Å². The molecule has 8 heteroatoms. The van der Waals surface area contributed by atoms with Crippen molar-refractivity contribution in [3.8, 4) is 5.75 Å². The number of morpholine rings is 1. The number of ether oxygens (including phenoxy) is 2. The summed E-state index contributed by atoms with van der Waals surface area (Å²) in [7, 11) is 1.75. The highest BCUT2D eigenvalue weighted by molar-refractivity contribution is 7.15. The molecule has 1 unspecified atom stereocenters. The summed E-state index contributed by atoms with van der Waals surface area (Å²) >= 11 is 1.81. The van der Waals surface area contributed by atoms with Gasteiger partial charge in [-0.05, 0) is 6.07 Å². The van der Waals surface area contributed by atoms with E-state index in [1.54, 1.807) is 18.4 Å². The van der Waals surface area contributed by atoms with Crippen molar-refractivity contribution in [3.05, 3.63) is 40.9 Å². The Bertz CT molecular complexity index is 723. The molecule has 0 radical (unpaired) electrons. The molecular weight excluding hydrogens is 384 g/mol. The molecule has 148 valence electrons. The molecule has 2 saturated heterocycles. The van der Waals surface area contributed by atoms with Gasteiger partial charge in [-0.25, -0.2) is 4.98 Å². The maximum atomic E-state index is 5.60.